The predicted octanol–water partition coefficient (Wildman–Crippen LogP) is 1.56. The van der Waals surface area contributed by atoms with Gasteiger partial charge in [0.1, 0.15) is 29.9 Å². The molecular formula is C21H38ClFN2O5S. The van der Waals surface area contributed by atoms with E-state index in [1.54, 1.807) is 13.2 Å². The number of alkyl halides is 2. The third kappa shape index (κ3) is 7.69. The van der Waals surface area contributed by atoms with Crippen LogP contribution in [0.5, 0.6) is 0 Å². The van der Waals surface area contributed by atoms with Gasteiger partial charge in [-0.05, 0) is 51.3 Å². The van der Waals surface area contributed by atoms with E-state index in [-0.39, 0.29) is 18.6 Å². The summed E-state index contributed by atoms with van der Waals surface area (Å²) in [6.45, 7) is 2.17. The third-order valence-electron chi connectivity index (χ3n) is 6.37. The molecule has 0 spiro atoms. The molecule has 0 aromatic carbocycles. The van der Waals surface area contributed by atoms with Crippen molar-refractivity contribution in [2.24, 2.45) is 5.92 Å². The Labute approximate surface area is 193 Å². The second-order valence-corrected chi connectivity index (χ2v) is 10.3. The summed E-state index contributed by atoms with van der Waals surface area (Å²) in [5, 5.41) is 36.4. The Bertz CT molecular complexity index is 548. The molecule has 10 heteroatoms. The van der Waals surface area contributed by atoms with Crippen molar-refractivity contribution in [3.63, 3.8) is 0 Å². The van der Waals surface area contributed by atoms with Crippen LogP contribution in [-0.4, -0.2) is 88.0 Å². The molecule has 2 heterocycles. The first-order valence-electron chi connectivity index (χ1n) is 11.3. The number of hydrogen-bond donors (Lipinski definition) is 5. The van der Waals surface area contributed by atoms with Crippen LogP contribution in [0.2, 0.25) is 0 Å². The molecule has 5 N–H and O–H groups in total. The fourth-order valence-electron chi connectivity index (χ4n) is 4.42. The topological polar surface area (TPSA) is 111 Å². The molecule has 0 aliphatic carbocycles. The molecule has 0 bridgehead atoms. The lowest BCUT2D eigenvalue weighted by atomic mass is 9.92. The second kappa shape index (κ2) is 13.5. The molecule has 0 aromatic heterocycles. The highest BCUT2D eigenvalue weighted by Crippen LogP contribution is 2.30. The maximum absolute atomic E-state index is 13.0. The fourth-order valence-corrected chi connectivity index (χ4v) is 5.30. The van der Waals surface area contributed by atoms with E-state index in [4.69, 9.17) is 16.3 Å². The molecule has 0 aromatic rings. The van der Waals surface area contributed by atoms with Crippen LogP contribution in [0, 0.1) is 5.92 Å². The van der Waals surface area contributed by atoms with Gasteiger partial charge in [0.25, 0.3) is 0 Å². The van der Waals surface area contributed by atoms with E-state index < -0.39 is 41.3 Å². The summed E-state index contributed by atoms with van der Waals surface area (Å²) in [4.78, 5) is 13.0. The second-order valence-electron chi connectivity index (χ2n) is 8.67. The zero-order chi connectivity index (χ0) is 23.0. The van der Waals surface area contributed by atoms with Gasteiger partial charge in [-0.1, -0.05) is 19.3 Å². The number of thioether (sulfide) groups is 1. The number of amides is 1. The number of hydrogen-bond acceptors (Lipinski definition) is 7. The van der Waals surface area contributed by atoms with Gasteiger partial charge in [0.15, 0.2) is 0 Å². The molecule has 0 saturated carbocycles. The number of halogens is 2. The largest absolute Gasteiger partial charge is 0.388 e. The maximum Gasteiger partial charge on any atom is 0.237 e. The van der Waals surface area contributed by atoms with Crippen LogP contribution >= 0.6 is 23.4 Å². The van der Waals surface area contributed by atoms with Crippen molar-refractivity contribution >= 4 is 29.3 Å². The smallest absolute Gasteiger partial charge is 0.237 e. The lowest BCUT2D eigenvalue weighted by Gasteiger charge is -2.44. The van der Waals surface area contributed by atoms with Crippen LogP contribution in [0.4, 0.5) is 4.39 Å². The minimum Gasteiger partial charge on any atom is -0.388 e. The van der Waals surface area contributed by atoms with Crippen molar-refractivity contribution in [2.75, 3.05) is 19.5 Å². The van der Waals surface area contributed by atoms with Crippen LogP contribution in [-0.2, 0) is 9.53 Å². The molecule has 2 fully saturated rings. The number of rotatable bonds is 10. The van der Waals surface area contributed by atoms with E-state index in [2.05, 4.69) is 10.6 Å². The predicted molar refractivity (Wildman–Crippen MR) is 121 cm³/mol. The van der Waals surface area contributed by atoms with Crippen molar-refractivity contribution < 1.29 is 29.2 Å². The maximum atomic E-state index is 13.0. The quantitative estimate of drug-likeness (QED) is 0.236. The third-order valence-corrected chi connectivity index (χ3v) is 7.49. The molecule has 4 unspecified atom stereocenters. The normalized spacial score (nSPS) is 36.4. The molecule has 2 aliphatic rings. The standard InChI is InChI=1S/C21H38ClFN2O5S/c1-12(22)15(19-17(27)16(26)18(28)21(30-19)31-2)25-20(29)14-8-7-13(9-11-24-14)6-4-3-5-10-23/h12-19,21,24,26-28H,3-11H2,1-2H3,(H,25,29)/t12?,13?,14?,15?,16-,17+,18+,19+,21+/m0/s1. The molecule has 1 amide bonds. The molecule has 0 radical (unpaired) electrons. The van der Waals surface area contributed by atoms with Crippen molar-refractivity contribution in [3.05, 3.63) is 0 Å². The zero-order valence-corrected chi connectivity index (χ0v) is 20.0. The minimum atomic E-state index is -1.39. The first-order valence-corrected chi connectivity index (χ1v) is 13.0. The summed E-state index contributed by atoms with van der Waals surface area (Å²) in [7, 11) is 0. The summed E-state index contributed by atoms with van der Waals surface area (Å²) in [6, 6.07) is -1.11. The zero-order valence-electron chi connectivity index (χ0n) is 18.4. The minimum absolute atomic E-state index is 0.215. The lowest BCUT2D eigenvalue weighted by Crippen LogP contribution is -2.65. The van der Waals surface area contributed by atoms with Crippen molar-refractivity contribution in [1.82, 2.24) is 10.6 Å². The number of carbonyl (C=O) groups is 1. The number of nitrogens with one attached hydrogen (secondary N) is 2. The van der Waals surface area contributed by atoms with Crippen LogP contribution in [0.15, 0.2) is 0 Å². The number of ether oxygens (including phenoxy) is 1. The Morgan fingerprint density at radius 2 is 1.94 bits per heavy atom. The molecular weight excluding hydrogens is 447 g/mol. The SMILES string of the molecule is CS[C@H]1O[C@H](C(NC(=O)C2CCC(CCCCCF)CCN2)C(C)Cl)[C@H](O)[C@H](O)[C@H]1O. The van der Waals surface area contributed by atoms with Gasteiger partial charge in [-0.25, -0.2) is 0 Å². The van der Waals surface area contributed by atoms with E-state index in [1.807, 2.05) is 0 Å². The Morgan fingerprint density at radius 1 is 1.19 bits per heavy atom. The molecule has 182 valence electrons. The highest BCUT2D eigenvalue weighted by atomic mass is 35.5. The van der Waals surface area contributed by atoms with Crippen molar-refractivity contribution in [1.29, 1.82) is 0 Å². The highest BCUT2D eigenvalue weighted by Gasteiger charge is 2.48. The number of carbonyl (C=O) groups excluding carboxylic acids is 1. The average Bonchev–Trinajstić information content (AvgIpc) is 2.99. The van der Waals surface area contributed by atoms with Gasteiger partial charge >= 0.3 is 0 Å². The summed E-state index contributed by atoms with van der Waals surface area (Å²) >= 11 is 7.55. The summed E-state index contributed by atoms with van der Waals surface area (Å²) in [6.07, 6.45) is 2.98. The summed E-state index contributed by atoms with van der Waals surface area (Å²) in [5.41, 5.74) is -0.729. The van der Waals surface area contributed by atoms with Gasteiger partial charge in [0, 0.05) is 0 Å². The molecule has 2 saturated heterocycles. The van der Waals surface area contributed by atoms with Crippen molar-refractivity contribution in [2.45, 2.75) is 99.2 Å². The first kappa shape index (κ1) is 27.1. The van der Waals surface area contributed by atoms with Gasteiger partial charge in [0.05, 0.1) is 24.1 Å². The Morgan fingerprint density at radius 3 is 2.58 bits per heavy atom. The first-order chi connectivity index (χ1) is 14.8. The van der Waals surface area contributed by atoms with Crippen LogP contribution < -0.4 is 10.6 Å². The van der Waals surface area contributed by atoms with E-state index in [0.717, 1.165) is 38.6 Å². The van der Waals surface area contributed by atoms with Crippen LogP contribution in [0.3, 0.4) is 0 Å². The van der Waals surface area contributed by atoms with E-state index in [1.165, 1.54) is 11.8 Å². The van der Waals surface area contributed by atoms with Gasteiger partial charge in [-0.2, -0.15) is 0 Å². The Balaban J connectivity index is 1.94. The van der Waals surface area contributed by atoms with E-state index in [0.29, 0.717) is 18.8 Å². The number of unbranched alkanes of at least 4 members (excludes halogenated alkanes) is 2. The Hall–Kier alpha value is -0.160. The summed E-state index contributed by atoms with van der Waals surface area (Å²) < 4.78 is 18.1. The molecule has 9 atom stereocenters. The fraction of sp³-hybridized carbons (Fsp3) is 0.952. The van der Waals surface area contributed by atoms with E-state index >= 15 is 0 Å². The van der Waals surface area contributed by atoms with Gasteiger partial charge < -0.3 is 30.7 Å². The van der Waals surface area contributed by atoms with Crippen LogP contribution in [0.25, 0.3) is 0 Å². The summed E-state index contributed by atoms with van der Waals surface area (Å²) in [5.74, 6) is 0.308. The lowest BCUT2D eigenvalue weighted by molar-refractivity contribution is -0.205. The molecule has 7 nitrogen and oxygen atoms in total. The molecule has 2 rings (SSSR count). The average molecular weight is 485 g/mol. The van der Waals surface area contributed by atoms with Crippen molar-refractivity contribution in [3.8, 4) is 0 Å². The van der Waals surface area contributed by atoms with Crippen LogP contribution in [0.1, 0.15) is 51.9 Å². The monoisotopic (exact) mass is 484 g/mol. The van der Waals surface area contributed by atoms with Gasteiger partial charge in [0.2, 0.25) is 5.91 Å². The number of aliphatic hydroxyl groups excluding tert-OH is 3. The van der Waals surface area contributed by atoms with Gasteiger partial charge in [-0.3, -0.25) is 9.18 Å². The molecule has 31 heavy (non-hydrogen) atoms. The highest BCUT2D eigenvalue weighted by molar-refractivity contribution is 7.99. The number of aliphatic hydroxyl groups is 3. The van der Waals surface area contributed by atoms with Gasteiger partial charge in [-0.15, -0.1) is 23.4 Å². The van der Waals surface area contributed by atoms with E-state index in [9.17, 15) is 24.5 Å². The Kier molecular flexibility index (Phi) is 11.8. The molecule has 2 aliphatic heterocycles.